The molecule has 1 saturated heterocycles. The second-order valence-corrected chi connectivity index (χ2v) is 19.5. The summed E-state index contributed by atoms with van der Waals surface area (Å²) in [5.74, 6) is -3.26. The van der Waals surface area contributed by atoms with Crippen LogP contribution in [0.1, 0.15) is 201 Å². The predicted molar refractivity (Wildman–Crippen MR) is 321 cm³/mol. The van der Waals surface area contributed by atoms with Crippen molar-refractivity contribution in [2.24, 2.45) is 0 Å². The molecule has 1 rings (SSSR count). The molecule has 6 unspecified atom stereocenters. The Morgan fingerprint density at radius 3 is 1.15 bits per heavy atom. The van der Waals surface area contributed by atoms with Crippen molar-refractivity contribution in [3.63, 3.8) is 0 Å². The van der Waals surface area contributed by atoms with Gasteiger partial charge in [0.05, 0.1) is 6.61 Å². The van der Waals surface area contributed by atoms with Crippen LogP contribution in [0.3, 0.4) is 0 Å². The molecule has 0 aromatic rings. The van der Waals surface area contributed by atoms with Crippen LogP contribution in [0.15, 0.2) is 146 Å². The molecular formula is C67H102O12. The molecule has 12 heteroatoms. The first-order chi connectivity index (χ1) is 38.6. The number of aliphatic hydroxyl groups is 2. The van der Waals surface area contributed by atoms with Gasteiger partial charge in [-0.25, -0.2) is 4.79 Å². The molecule has 0 radical (unpaired) electrons. The number of aliphatic carboxylic acids is 1. The average molecular weight is 1100 g/mol. The zero-order valence-corrected chi connectivity index (χ0v) is 48.5. The van der Waals surface area contributed by atoms with Crippen molar-refractivity contribution in [1.29, 1.82) is 0 Å². The average Bonchev–Trinajstić information content (AvgIpc) is 3.46. The molecule has 0 bridgehead atoms. The van der Waals surface area contributed by atoms with Gasteiger partial charge in [-0.3, -0.25) is 14.4 Å². The highest BCUT2D eigenvalue weighted by Gasteiger charge is 2.50. The van der Waals surface area contributed by atoms with E-state index in [-0.39, 0.29) is 25.9 Å². The molecule has 0 aromatic carbocycles. The lowest BCUT2D eigenvalue weighted by Crippen LogP contribution is -2.61. The number of carboxylic acids is 1. The number of allylic oxidation sites excluding steroid dienone is 24. The molecule has 1 aliphatic heterocycles. The Labute approximate surface area is 476 Å². The van der Waals surface area contributed by atoms with E-state index in [0.29, 0.717) is 19.3 Å². The predicted octanol–water partition coefficient (Wildman–Crippen LogP) is 15.6. The Bertz CT molecular complexity index is 1930. The molecule has 0 aliphatic carbocycles. The molecular weight excluding hydrogens is 997 g/mol. The standard InChI is InChI=1S/C67H102O12/c1-4-7-10-13-16-19-22-25-27-29-30-32-34-37-40-43-46-49-52-55-61(70)78-65-63(72)62(71)64(66(73)74)79-67(65)76-57-58(77-60(69)54-51-48-45-42-39-35-24-21-18-15-12-9-6-3)56-75-59(68)53-50-47-44-41-38-36-33-31-28-26-23-20-17-14-11-8-5-2/h7-12,16-21,25-28,30,32-33,35-37,39-40,58,62-65,67,71-72H,4-6,13-15,22-24,29,31,34,38,41-57H2,1-3H3,(H,73,74)/b10-7-,11-8-,12-9-,19-16-,20-17-,21-18-,27-25-,28-26-,32-30-,36-33-,39-35-,40-37-. The maximum atomic E-state index is 13.1. The zero-order chi connectivity index (χ0) is 57.5. The van der Waals surface area contributed by atoms with E-state index in [1.807, 2.05) is 0 Å². The van der Waals surface area contributed by atoms with Crippen LogP contribution in [0.4, 0.5) is 0 Å². The topological polar surface area (TPSA) is 175 Å². The van der Waals surface area contributed by atoms with Gasteiger partial charge in [-0.2, -0.15) is 0 Å². The van der Waals surface area contributed by atoms with Crippen LogP contribution in [0.5, 0.6) is 0 Å². The summed E-state index contributed by atoms with van der Waals surface area (Å²) in [4.78, 5) is 51.2. The fourth-order valence-electron chi connectivity index (χ4n) is 7.93. The molecule has 0 amide bonds. The summed E-state index contributed by atoms with van der Waals surface area (Å²) in [6.45, 7) is 5.57. The van der Waals surface area contributed by atoms with Gasteiger partial charge in [-0.15, -0.1) is 0 Å². The monoisotopic (exact) mass is 1100 g/mol. The van der Waals surface area contributed by atoms with Crippen molar-refractivity contribution in [3.8, 4) is 0 Å². The lowest BCUT2D eigenvalue weighted by molar-refractivity contribution is -0.301. The van der Waals surface area contributed by atoms with Crippen LogP contribution in [0.25, 0.3) is 0 Å². The van der Waals surface area contributed by atoms with Crippen LogP contribution >= 0.6 is 0 Å². The van der Waals surface area contributed by atoms with E-state index in [2.05, 4.69) is 167 Å². The van der Waals surface area contributed by atoms with Gasteiger partial charge >= 0.3 is 23.9 Å². The summed E-state index contributed by atoms with van der Waals surface area (Å²) < 4.78 is 28.3. The molecule has 442 valence electrons. The van der Waals surface area contributed by atoms with Crippen LogP contribution in [0, 0.1) is 0 Å². The fourth-order valence-corrected chi connectivity index (χ4v) is 7.93. The largest absolute Gasteiger partial charge is 0.479 e. The third-order valence-electron chi connectivity index (χ3n) is 12.4. The summed E-state index contributed by atoms with van der Waals surface area (Å²) in [5.41, 5.74) is 0. The SMILES string of the molecule is CC/C=C\C/C=C\C/C=C\C/C=C\C/C=C\CCCCCC(=O)OC1C(OCC(COC(=O)CCCCCC/C=C\C/C=C\C/C=C\C/C=C\CC)OC(=O)CCCCC/C=C\C/C=C\C/C=C\CC)OC(C(=O)O)C(O)C1O. The molecule has 1 fully saturated rings. The van der Waals surface area contributed by atoms with Crippen LogP contribution in [0.2, 0.25) is 0 Å². The molecule has 6 atom stereocenters. The Morgan fingerprint density at radius 2 is 0.759 bits per heavy atom. The minimum absolute atomic E-state index is 0.00632. The number of aliphatic hydroxyl groups excluding tert-OH is 2. The van der Waals surface area contributed by atoms with Gasteiger partial charge in [0.2, 0.25) is 0 Å². The van der Waals surface area contributed by atoms with Gasteiger partial charge in [0, 0.05) is 19.3 Å². The van der Waals surface area contributed by atoms with Gasteiger partial charge in [-0.1, -0.05) is 192 Å². The quantitative estimate of drug-likeness (QED) is 0.0228. The van der Waals surface area contributed by atoms with Crippen molar-refractivity contribution in [1.82, 2.24) is 0 Å². The molecule has 3 N–H and O–H groups in total. The number of unbranched alkanes of at least 4 members (excludes halogenated alkanes) is 10. The molecule has 0 spiro atoms. The Kier molecular flexibility index (Phi) is 48.3. The first-order valence-electron chi connectivity index (χ1n) is 29.8. The third kappa shape index (κ3) is 43.1. The third-order valence-corrected chi connectivity index (χ3v) is 12.4. The Balaban J connectivity index is 2.74. The molecule has 79 heavy (non-hydrogen) atoms. The van der Waals surface area contributed by atoms with Crippen LogP contribution in [-0.2, 0) is 42.9 Å². The minimum Gasteiger partial charge on any atom is -0.479 e. The maximum absolute atomic E-state index is 13.1. The summed E-state index contributed by atoms with van der Waals surface area (Å²) in [5, 5.41) is 31.5. The first kappa shape index (κ1) is 71.6. The molecule has 12 nitrogen and oxygen atoms in total. The van der Waals surface area contributed by atoms with Gasteiger partial charge in [0.15, 0.2) is 24.6 Å². The normalized spacial score (nSPS) is 18.9. The van der Waals surface area contributed by atoms with Gasteiger partial charge < -0.3 is 39.0 Å². The lowest BCUT2D eigenvalue weighted by atomic mass is 9.98. The van der Waals surface area contributed by atoms with E-state index < -0.39 is 67.3 Å². The van der Waals surface area contributed by atoms with E-state index in [1.54, 1.807) is 0 Å². The molecule has 1 aliphatic rings. The highest BCUT2D eigenvalue weighted by Crippen LogP contribution is 2.26. The number of ether oxygens (including phenoxy) is 5. The molecule has 1 heterocycles. The summed E-state index contributed by atoms with van der Waals surface area (Å²) in [7, 11) is 0. The van der Waals surface area contributed by atoms with Crippen molar-refractivity contribution < 1.29 is 58.2 Å². The van der Waals surface area contributed by atoms with Crippen molar-refractivity contribution >= 4 is 23.9 Å². The van der Waals surface area contributed by atoms with Crippen LogP contribution < -0.4 is 0 Å². The number of carbonyl (C=O) groups is 4. The molecule has 0 saturated carbocycles. The van der Waals surface area contributed by atoms with Crippen LogP contribution in [-0.4, -0.2) is 89.2 Å². The highest BCUT2D eigenvalue weighted by molar-refractivity contribution is 5.74. The Morgan fingerprint density at radius 1 is 0.418 bits per heavy atom. The van der Waals surface area contributed by atoms with Gasteiger partial charge in [0.25, 0.3) is 0 Å². The van der Waals surface area contributed by atoms with E-state index in [0.717, 1.165) is 141 Å². The smallest absolute Gasteiger partial charge is 0.335 e. The number of hydrogen-bond donors (Lipinski definition) is 3. The Hall–Kier alpha value is -5.40. The minimum atomic E-state index is -1.93. The molecule has 0 aromatic heterocycles. The highest BCUT2D eigenvalue weighted by atomic mass is 16.7. The number of esters is 3. The van der Waals surface area contributed by atoms with Gasteiger partial charge in [-0.05, 0) is 135 Å². The fraction of sp³-hybridized carbons (Fsp3) is 0.582. The first-order valence-corrected chi connectivity index (χ1v) is 29.8. The van der Waals surface area contributed by atoms with E-state index >= 15 is 0 Å². The zero-order valence-electron chi connectivity index (χ0n) is 48.5. The van der Waals surface area contributed by atoms with Gasteiger partial charge in [0.1, 0.15) is 18.8 Å². The van der Waals surface area contributed by atoms with E-state index in [1.165, 1.54) is 0 Å². The number of carbonyl (C=O) groups excluding carboxylic acids is 3. The second kappa shape index (κ2) is 53.3. The maximum Gasteiger partial charge on any atom is 0.335 e. The van der Waals surface area contributed by atoms with E-state index in [4.69, 9.17) is 23.7 Å². The summed E-state index contributed by atoms with van der Waals surface area (Å²) in [6.07, 6.45) is 63.9. The van der Waals surface area contributed by atoms with Crippen molar-refractivity contribution in [2.45, 2.75) is 237 Å². The summed E-state index contributed by atoms with van der Waals surface area (Å²) >= 11 is 0. The lowest BCUT2D eigenvalue weighted by Gasteiger charge is -2.40. The number of carboxylic acid groups (broad SMARTS) is 1. The summed E-state index contributed by atoms with van der Waals surface area (Å²) in [6, 6.07) is 0. The number of hydrogen-bond acceptors (Lipinski definition) is 11. The number of rotatable bonds is 48. The second-order valence-electron chi connectivity index (χ2n) is 19.5. The van der Waals surface area contributed by atoms with Crippen molar-refractivity contribution in [3.05, 3.63) is 146 Å². The van der Waals surface area contributed by atoms with E-state index in [9.17, 15) is 34.5 Å². The van der Waals surface area contributed by atoms with Crippen molar-refractivity contribution in [2.75, 3.05) is 13.2 Å².